The van der Waals surface area contributed by atoms with E-state index in [1.807, 2.05) is 39.9 Å². The molecule has 6 nitrogen and oxygen atoms in total. The summed E-state index contributed by atoms with van der Waals surface area (Å²) in [5, 5.41) is 17.3. The fourth-order valence-corrected chi connectivity index (χ4v) is 4.10. The molecule has 1 aliphatic rings. The third-order valence-electron chi connectivity index (χ3n) is 4.61. The summed E-state index contributed by atoms with van der Waals surface area (Å²) in [6.45, 7) is 5.84. The maximum atomic E-state index is 10.5. The van der Waals surface area contributed by atoms with Crippen LogP contribution < -0.4 is 0 Å². The molecule has 1 atom stereocenters. The number of thiophene rings is 1. The van der Waals surface area contributed by atoms with Gasteiger partial charge in [0.1, 0.15) is 5.82 Å². The molecule has 24 heavy (non-hydrogen) atoms. The van der Waals surface area contributed by atoms with Crippen molar-refractivity contribution in [3.05, 3.63) is 57.6 Å². The number of aryl methyl sites for hydroxylation is 2. The number of nitrogens with zero attached hydrogens (tertiary/aromatic N) is 5. The number of aromatic nitrogens is 4. The van der Waals surface area contributed by atoms with Gasteiger partial charge in [-0.25, -0.2) is 4.98 Å². The van der Waals surface area contributed by atoms with Gasteiger partial charge in [0.15, 0.2) is 6.10 Å². The summed E-state index contributed by atoms with van der Waals surface area (Å²) in [4.78, 5) is 8.09. The first-order chi connectivity index (χ1) is 11.6. The van der Waals surface area contributed by atoms with Gasteiger partial charge in [-0.3, -0.25) is 9.58 Å². The Bertz CT molecular complexity index is 849. The van der Waals surface area contributed by atoms with E-state index in [2.05, 4.69) is 33.4 Å². The maximum absolute atomic E-state index is 10.5. The number of fused-ring (bicyclic) bond motifs is 1. The summed E-state index contributed by atoms with van der Waals surface area (Å²) in [6.07, 6.45) is 2.75. The van der Waals surface area contributed by atoms with Crippen molar-refractivity contribution in [1.82, 2.24) is 24.2 Å². The average molecular weight is 343 g/mol. The Morgan fingerprint density at radius 3 is 2.96 bits per heavy atom. The molecule has 0 saturated heterocycles. The zero-order chi connectivity index (χ0) is 16.7. The summed E-state index contributed by atoms with van der Waals surface area (Å²) in [7, 11) is 1.88. The summed E-state index contributed by atoms with van der Waals surface area (Å²) in [5.74, 6) is 0.622. The van der Waals surface area contributed by atoms with E-state index in [-0.39, 0.29) is 0 Å². The van der Waals surface area contributed by atoms with Crippen molar-refractivity contribution in [2.24, 2.45) is 7.05 Å². The molecule has 0 saturated carbocycles. The number of imidazole rings is 1. The second kappa shape index (κ2) is 6.16. The molecule has 0 radical (unpaired) electrons. The average Bonchev–Trinajstić information content (AvgIpc) is 3.27. The molecule has 4 heterocycles. The van der Waals surface area contributed by atoms with Gasteiger partial charge >= 0.3 is 0 Å². The molecular weight excluding hydrogens is 322 g/mol. The largest absolute Gasteiger partial charge is 0.379 e. The molecule has 0 aliphatic carbocycles. The standard InChI is InChI=1S/C17H21N5OS/c1-12-3-8-24-15(12)11-21-6-7-22-13(10-21)9-14(19-22)16(23)17-18-4-5-20(17)2/h3-5,8-9,16,23H,6-7,10-11H2,1-2H3/t16-/m1/s1. The van der Waals surface area contributed by atoms with E-state index in [0.717, 1.165) is 31.9 Å². The van der Waals surface area contributed by atoms with Gasteiger partial charge < -0.3 is 9.67 Å². The minimum Gasteiger partial charge on any atom is -0.379 e. The van der Waals surface area contributed by atoms with E-state index >= 15 is 0 Å². The summed E-state index contributed by atoms with van der Waals surface area (Å²) in [6, 6.07) is 4.18. The highest BCUT2D eigenvalue weighted by Gasteiger charge is 2.24. The highest BCUT2D eigenvalue weighted by Crippen LogP contribution is 2.24. The van der Waals surface area contributed by atoms with Crippen LogP contribution in [0.25, 0.3) is 0 Å². The quantitative estimate of drug-likeness (QED) is 0.788. The fraction of sp³-hybridized carbons (Fsp3) is 0.412. The fourth-order valence-electron chi connectivity index (χ4n) is 3.15. The predicted molar refractivity (Wildman–Crippen MR) is 92.7 cm³/mol. The van der Waals surface area contributed by atoms with Gasteiger partial charge in [-0.15, -0.1) is 11.3 Å². The van der Waals surface area contributed by atoms with Crippen LogP contribution in [0, 0.1) is 6.92 Å². The van der Waals surface area contributed by atoms with Crippen molar-refractivity contribution in [2.75, 3.05) is 6.54 Å². The van der Waals surface area contributed by atoms with Gasteiger partial charge in [0.2, 0.25) is 0 Å². The summed E-state index contributed by atoms with van der Waals surface area (Å²) >= 11 is 1.82. The number of hydrogen-bond acceptors (Lipinski definition) is 5. The number of aliphatic hydroxyl groups excluding tert-OH is 1. The third kappa shape index (κ3) is 2.79. The van der Waals surface area contributed by atoms with Gasteiger partial charge in [0.05, 0.1) is 17.9 Å². The first kappa shape index (κ1) is 15.6. The molecule has 1 aliphatic heterocycles. The molecule has 0 unspecified atom stereocenters. The van der Waals surface area contributed by atoms with E-state index in [1.165, 1.54) is 10.4 Å². The van der Waals surface area contributed by atoms with E-state index in [4.69, 9.17) is 0 Å². The molecule has 1 N–H and O–H groups in total. The Balaban J connectivity index is 1.52. The lowest BCUT2D eigenvalue weighted by molar-refractivity contribution is 0.195. The van der Waals surface area contributed by atoms with Crippen LogP contribution >= 0.6 is 11.3 Å². The lowest BCUT2D eigenvalue weighted by Gasteiger charge is -2.27. The predicted octanol–water partition coefficient (Wildman–Crippen LogP) is 2.08. The highest BCUT2D eigenvalue weighted by atomic mass is 32.1. The van der Waals surface area contributed by atoms with Gasteiger partial charge in [0.25, 0.3) is 0 Å². The normalized spacial score (nSPS) is 16.3. The third-order valence-corrected chi connectivity index (χ3v) is 5.62. The summed E-state index contributed by atoms with van der Waals surface area (Å²) < 4.78 is 3.84. The van der Waals surface area contributed by atoms with Crippen LogP contribution in [0.4, 0.5) is 0 Å². The van der Waals surface area contributed by atoms with Crippen LogP contribution in [-0.4, -0.2) is 35.9 Å². The lowest BCUT2D eigenvalue weighted by atomic mass is 10.2. The molecule has 7 heteroatoms. The van der Waals surface area contributed by atoms with Gasteiger partial charge in [-0.1, -0.05) is 0 Å². The van der Waals surface area contributed by atoms with Crippen LogP contribution in [0.5, 0.6) is 0 Å². The molecule has 0 amide bonds. The Kier molecular flexibility index (Phi) is 3.99. The second-order valence-electron chi connectivity index (χ2n) is 6.32. The second-order valence-corrected chi connectivity index (χ2v) is 7.32. The topological polar surface area (TPSA) is 59.1 Å². The van der Waals surface area contributed by atoms with Crippen molar-refractivity contribution in [1.29, 1.82) is 0 Å². The molecule has 3 aromatic heterocycles. The molecule has 0 aromatic carbocycles. The Labute approximate surface area is 145 Å². The first-order valence-electron chi connectivity index (χ1n) is 8.09. The van der Waals surface area contributed by atoms with Crippen LogP contribution in [0.1, 0.15) is 33.8 Å². The van der Waals surface area contributed by atoms with E-state index in [9.17, 15) is 5.11 Å². The number of hydrogen-bond donors (Lipinski definition) is 1. The van der Waals surface area contributed by atoms with Crippen LogP contribution in [-0.2, 0) is 26.7 Å². The minimum atomic E-state index is -0.781. The highest BCUT2D eigenvalue weighted by molar-refractivity contribution is 7.10. The van der Waals surface area contributed by atoms with Crippen molar-refractivity contribution in [3.63, 3.8) is 0 Å². The van der Waals surface area contributed by atoms with Crippen molar-refractivity contribution in [3.8, 4) is 0 Å². The van der Waals surface area contributed by atoms with Crippen molar-refractivity contribution >= 4 is 11.3 Å². The Hall–Kier alpha value is -1.96. The van der Waals surface area contributed by atoms with Crippen LogP contribution in [0.2, 0.25) is 0 Å². The van der Waals surface area contributed by atoms with Crippen molar-refractivity contribution in [2.45, 2.75) is 32.7 Å². The molecule has 0 fully saturated rings. The molecule has 4 rings (SSSR count). The number of aliphatic hydroxyl groups is 1. The van der Waals surface area contributed by atoms with Gasteiger partial charge in [0, 0.05) is 44.0 Å². The Morgan fingerprint density at radius 1 is 1.38 bits per heavy atom. The lowest BCUT2D eigenvalue weighted by Crippen LogP contribution is -2.33. The SMILES string of the molecule is Cc1ccsc1CN1CCn2nc([C@@H](O)c3nccn3C)cc2C1. The first-order valence-corrected chi connectivity index (χ1v) is 8.97. The molecule has 0 bridgehead atoms. The van der Waals surface area contributed by atoms with E-state index < -0.39 is 6.10 Å². The van der Waals surface area contributed by atoms with Crippen molar-refractivity contribution < 1.29 is 5.11 Å². The smallest absolute Gasteiger partial charge is 0.155 e. The Morgan fingerprint density at radius 2 is 2.25 bits per heavy atom. The molecule has 0 spiro atoms. The maximum Gasteiger partial charge on any atom is 0.155 e. The van der Waals surface area contributed by atoms with Gasteiger partial charge in [-0.05, 0) is 30.0 Å². The summed E-state index contributed by atoms with van der Waals surface area (Å²) in [5.41, 5.74) is 3.19. The molecule has 3 aromatic rings. The monoisotopic (exact) mass is 343 g/mol. The van der Waals surface area contributed by atoms with Crippen LogP contribution in [0.15, 0.2) is 29.9 Å². The number of rotatable bonds is 4. The molecule has 126 valence electrons. The zero-order valence-electron chi connectivity index (χ0n) is 13.9. The van der Waals surface area contributed by atoms with E-state index in [1.54, 1.807) is 6.20 Å². The minimum absolute atomic E-state index is 0.622. The van der Waals surface area contributed by atoms with E-state index in [0.29, 0.717) is 11.5 Å². The van der Waals surface area contributed by atoms with Crippen LogP contribution in [0.3, 0.4) is 0 Å². The zero-order valence-corrected chi connectivity index (χ0v) is 14.7. The molecular formula is C17H21N5OS. The van der Waals surface area contributed by atoms with Gasteiger partial charge in [-0.2, -0.15) is 5.10 Å².